The second-order valence-electron chi connectivity index (χ2n) is 7.53. The topological polar surface area (TPSA) is 114 Å². The van der Waals surface area contributed by atoms with Crippen LogP contribution < -0.4 is 5.63 Å². The molecule has 10 heteroatoms. The zero-order valence-electron chi connectivity index (χ0n) is 16.9. The van der Waals surface area contributed by atoms with Gasteiger partial charge in [0.15, 0.2) is 0 Å². The summed E-state index contributed by atoms with van der Waals surface area (Å²) in [5, 5.41) is 10.1. The maximum Gasteiger partial charge on any atom is 0.336 e. The van der Waals surface area contributed by atoms with Gasteiger partial charge in [-0.2, -0.15) is 4.31 Å². The summed E-state index contributed by atoms with van der Waals surface area (Å²) < 4.78 is 50.5. The first-order chi connectivity index (χ1) is 15.2. The van der Waals surface area contributed by atoms with E-state index in [1.165, 1.54) is 34.6 Å². The van der Waals surface area contributed by atoms with Gasteiger partial charge in [0.1, 0.15) is 23.8 Å². The zero-order chi connectivity index (χ0) is 22.9. The van der Waals surface area contributed by atoms with Crippen molar-refractivity contribution in [3.63, 3.8) is 0 Å². The lowest BCUT2D eigenvalue weighted by Gasteiger charge is -2.30. The third-order valence-electron chi connectivity index (χ3n) is 5.35. The Bertz CT molecular complexity index is 1320. The van der Waals surface area contributed by atoms with Crippen LogP contribution in [0.4, 0.5) is 4.39 Å². The fourth-order valence-electron chi connectivity index (χ4n) is 3.71. The Labute approximate surface area is 182 Å². The molecule has 0 saturated carbocycles. The fraction of sp³-hybridized carbons (Fsp3) is 0.273. The number of phenols is 1. The van der Waals surface area contributed by atoms with Crippen molar-refractivity contribution in [2.24, 2.45) is 5.92 Å². The molecule has 2 heterocycles. The lowest BCUT2D eigenvalue weighted by Crippen LogP contribution is -2.42. The predicted molar refractivity (Wildman–Crippen MR) is 112 cm³/mol. The van der Waals surface area contributed by atoms with Gasteiger partial charge in [0.05, 0.1) is 10.8 Å². The summed E-state index contributed by atoms with van der Waals surface area (Å²) in [5.74, 6) is -1.86. The molecule has 2 aromatic carbocycles. The van der Waals surface area contributed by atoms with E-state index >= 15 is 0 Å². The predicted octanol–water partition coefficient (Wildman–Crippen LogP) is 2.78. The van der Waals surface area contributed by atoms with Gasteiger partial charge in [-0.15, -0.1) is 0 Å². The number of carbonyl (C=O) groups excluding carboxylic acids is 1. The van der Waals surface area contributed by atoms with Crippen LogP contribution in [0.15, 0.2) is 62.6 Å². The number of piperidine rings is 1. The molecule has 3 aromatic rings. The molecule has 168 valence electrons. The maximum atomic E-state index is 13.1. The number of carbonyl (C=O) groups is 1. The van der Waals surface area contributed by atoms with E-state index in [1.807, 2.05) is 0 Å². The van der Waals surface area contributed by atoms with E-state index in [1.54, 1.807) is 6.07 Å². The molecule has 32 heavy (non-hydrogen) atoms. The van der Waals surface area contributed by atoms with Gasteiger partial charge >= 0.3 is 11.6 Å². The van der Waals surface area contributed by atoms with E-state index < -0.39 is 33.4 Å². The van der Waals surface area contributed by atoms with Crippen LogP contribution in [0.5, 0.6) is 5.75 Å². The Morgan fingerprint density at radius 3 is 2.69 bits per heavy atom. The Balaban J connectivity index is 1.47. The molecule has 1 saturated heterocycles. The second kappa shape index (κ2) is 8.71. The number of esters is 1. The highest BCUT2D eigenvalue weighted by molar-refractivity contribution is 7.89. The molecule has 0 amide bonds. The molecule has 0 aliphatic carbocycles. The van der Waals surface area contributed by atoms with Crippen LogP contribution in [-0.4, -0.2) is 36.9 Å². The first-order valence-electron chi connectivity index (χ1n) is 9.92. The van der Waals surface area contributed by atoms with E-state index in [-0.39, 0.29) is 35.9 Å². The molecule has 4 rings (SSSR count). The van der Waals surface area contributed by atoms with Crippen LogP contribution in [0, 0.1) is 11.7 Å². The van der Waals surface area contributed by atoms with Gasteiger partial charge in [0.25, 0.3) is 0 Å². The molecule has 1 aromatic heterocycles. The fourth-order valence-corrected chi connectivity index (χ4v) is 5.24. The second-order valence-corrected chi connectivity index (χ2v) is 9.47. The molecular weight excluding hydrogens is 441 g/mol. The summed E-state index contributed by atoms with van der Waals surface area (Å²) >= 11 is 0. The first-order valence-corrected chi connectivity index (χ1v) is 11.4. The van der Waals surface area contributed by atoms with Crippen LogP contribution in [-0.2, 0) is 26.2 Å². The molecule has 8 nitrogen and oxygen atoms in total. The minimum absolute atomic E-state index is 0.0429. The summed E-state index contributed by atoms with van der Waals surface area (Å²) in [6.45, 7) is -0.00559. The highest BCUT2D eigenvalue weighted by atomic mass is 32.2. The van der Waals surface area contributed by atoms with Crippen molar-refractivity contribution in [3.05, 3.63) is 70.3 Å². The van der Waals surface area contributed by atoms with Crippen molar-refractivity contribution >= 4 is 27.0 Å². The van der Waals surface area contributed by atoms with Crippen molar-refractivity contribution in [2.75, 3.05) is 13.1 Å². The first kappa shape index (κ1) is 22.0. The lowest BCUT2D eigenvalue weighted by molar-refractivity contribution is -0.151. The van der Waals surface area contributed by atoms with Gasteiger partial charge < -0.3 is 14.3 Å². The average molecular weight is 461 g/mol. The summed E-state index contributed by atoms with van der Waals surface area (Å²) in [6.07, 6.45) is 0.928. The number of hydrogen-bond acceptors (Lipinski definition) is 7. The van der Waals surface area contributed by atoms with Crippen molar-refractivity contribution in [1.29, 1.82) is 0 Å². The number of ether oxygens (including phenoxy) is 1. The van der Waals surface area contributed by atoms with Crippen molar-refractivity contribution in [2.45, 2.75) is 24.3 Å². The smallest absolute Gasteiger partial charge is 0.336 e. The monoisotopic (exact) mass is 461 g/mol. The SMILES string of the molecule is O=C(OCc1cc(=O)oc2cc(O)ccc12)[C@@H]1CCCN(S(=O)(=O)c2ccc(F)cc2)C1. The van der Waals surface area contributed by atoms with Gasteiger partial charge in [-0.25, -0.2) is 17.6 Å². The molecule has 0 spiro atoms. The highest BCUT2D eigenvalue weighted by Crippen LogP contribution is 2.26. The standard InChI is InChI=1S/C22H20FNO7S/c23-16-3-6-18(7-4-16)32(28,29)24-9-1-2-14(12-24)22(27)30-13-15-10-21(26)31-20-11-17(25)5-8-19(15)20/h3-8,10-11,14,25H,1-2,9,12-13H2/t14-/m1/s1. The summed E-state index contributed by atoms with van der Waals surface area (Å²) in [7, 11) is -3.87. The number of nitrogens with zero attached hydrogens (tertiary/aromatic N) is 1. The minimum atomic E-state index is -3.87. The van der Waals surface area contributed by atoms with Gasteiger partial charge in [0, 0.05) is 36.2 Å². The van der Waals surface area contributed by atoms with Gasteiger partial charge in [0.2, 0.25) is 10.0 Å². The normalized spacial score (nSPS) is 17.3. The van der Waals surface area contributed by atoms with E-state index in [0.29, 0.717) is 23.8 Å². The van der Waals surface area contributed by atoms with Crippen LogP contribution in [0.3, 0.4) is 0 Å². The summed E-state index contributed by atoms with van der Waals surface area (Å²) in [4.78, 5) is 24.4. The molecule has 1 aliphatic heterocycles. The lowest BCUT2D eigenvalue weighted by atomic mass is 10.00. The number of hydrogen-bond donors (Lipinski definition) is 1. The van der Waals surface area contributed by atoms with E-state index in [2.05, 4.69) is 0 Å². The van der Waals surface area contributed by atoms with Gasteiger partial charge in [-0.3, -0.25) is 4.79 Å². The van der Waals surface area contributed by atoms with Crippen molar-refractivity contribution in [1.82, 2.24) is 4.31 Å². The van der Waals surface area contributed by atoms with Gasteiger partial charge in [-0.1, -0.05) is 0 Å². The third-order valence-corrected chi connectivity index (χ3v) is 7.23. The number of aromatic hydroxyl groups is 1. The van der Waals surface area contributed by atoms with E-state index in [4.69, 9.17) is 9.15 Å². The highest BCUT2D eigenvalue weighted by Gasteiger charge is 2.34. The Kier molecular flexibility index (Phi) is 5.98. The Morgan fingerprint density at radius 2 is 1.94 bits per heavy atom. The van der Waals surface area contributed by atoms with Crippen LogP contribution in [0.25, 0.3) is 11.0 Å². The number of benzene rings is 2. The number of rotatable bonds is 5. The molecule has 0 bridgehead atoms. The van der Waals surface area contributed by atoms with Gasteiger partial charge in [-0.05, 0) is 49.2 Å². The molecule has 0 unspecified atom stereocenters. The number of sulfonamides is 1. The number of phenolic OH excluding ortho intramolecular Hbond substituents is 1. The molecule has 1 N–H and O–H groups in total. The maximum absolute atomic E-state index is 13.1. The largest absolute Gasteiger partial charge is 0.508 e. The number of halogens is 1. The molecule has 1 aliphatic rings. The summed E-state index contributed by atoms with van der Waals surface area (Å²) in [5.41, 5.74) is -0.0719. The number of fused-ring (bicyclic) bond motifs is 1. The molecule has 1 atom stereocenters. The third kappa shape index (κ3) is 4.51. The minimum Gasteiger partial charge on any atom is -0.508 e. The summed E-state index contributed by atoms with van der Waals surface area (Å²) in [6, 6.07) is 10.0. The van der Waals surface area contributed by atoms with E-state index in [9.17, 15) is 27.5 Å². The Hall–Kier alpha value is -3.24. The molecular formula is C22H20FNO7S. The Morgan fingerprint density at radius 1 is 1.19 bits per heavy atom. The average Bonchev–Trinajstić information content (AvgIpc) is 2.77. The van der Waals surface area contributed by atoms with Crippen LogP contribution in [0.1, 0.15) is 18.4 Å². The van der Waals surface area contributed by atoms with Crippen molar-refractivity contribution in [3.8, 4) is 5.75 Å². The quantitative estimate of drug-likeness (QED) is 0.459. The zero-order valence-corrected chi connectivity index (χ0v) is 17.7. The van der Waals surface area contributed by atoms with Crippen LogP contribution >= 0.6 is 0 Å². The van der Waals surface area contributed by atoms with Crippen molar-refractivity contribution < 1.29 is 31.9 Å². The van der Waals surface area contributed by atoms with Crippen LogP contribution in [0.2, 0.25) is 0 Å². The molecule has 0 radical (unpaired) electrons. The molecule has 1 fully saturated rings. The van der Waals surface area contributed by atoms with E-state index in [0.717, 1.165) is 12.1 Å².